The first-order valence-corrected chi connectivity index (χ1v) is 5.69. The van der Waals surface area contributed by atoms with E-state index in [0.717, 1.165) is 0 Å². The predicted molar refractivity (Wildman–Crippen MR) is 66.4 cm³/mol. The third-order valence-corrected chi connectivity index (χ3v) is 3.06. The van der Waals surface area contributed by atoms with Crippen molar-refractivity contribution in [2.75, 3.05) is 6.54 Å². The first kappa shape index (κ1) is 12.1. The van der Waals surface area contributed by atoms with E-state index in [1.165, 1.54) is 6.07 Å². The van der Waals surface area contributed by atoms with E-state index in [0.29, 0.717) is 35.2 Å². The molecule has 0 aliphatic carbocycles. The molecule has 0 radical (unpaired) electrons. The van der Waals surface area contributed by atoms with Crippen molar-refractivity contribution >= 4 is 11.6 Å². The summed E-state index contributed by atoms with van der Waals surface area (Å²) in [5.41, 5.74) is 6.62. The van der Waals surface area contributed by atoms with E-state index < -0.39 is 0 Å². The number of halogens is 2. The highest BCUT2D eigenvalue weighted by atomic mass is 35.5. The second-order valence-corrected chi connectivity index (χ2v) is 4.11. The molecule has 0 aliphatic heterocycles. The normalized spacial score (nSPS) is 10.8. The monoisotopic (exact) mass is 253 g/mol. The third-order valence-electron chi connectivity index (χ3n) is 2.59. The minimum absolute atomic E-state index is 0.309. The van der Waals surface area contributed by atoms with Crippen molar-refractivity contribution in [2.24, 2.45) is 12.8 Å². The Hall–Kier alpha value is -1.39. The van der Waals surface area contributed by atoms with Gasteiger partial charge in [0.2, 0.25) is 0 Å². The highest BCUT2D eigenvalue weighted by Crippen LogP contribution is 2.26. The van der Waals surface area contributed by atoms with Crippen LogP contribution < -0.4 is 5.73 Å². The van der Waals surface area contributed by atoms with Crippen molar-refractivity contribution in [3.63, 3.8) is 0 Å². The molecule has 0 atom stereocenters. The van der Waals surface area contributed by atoms with Gasteiger partial charge in [-0.15, -0.1) is 0 Å². The van der Waals surface area contributed by atoms with Crippen molar-refractivity contribution in [3.8, 4) is 11.4 Å². The third kappa shape index (κ3) is 2.18. The maximum atomic E-state index is 13.7. The fourth-order valence-electron chi connectivity index (χ4n) is 1.71. The molecule has 3 nitrogen and oxygen atoms in total. The molecule has 0 bridgehead atoms. The van der Waals surface area contributed by atoms with E-state index in [2.05, 4.69) is 4.98 Å². The zero-order valence-corrected chi connectivity index (χ0v) is 10.2. The van der Waals surface area contributed by atoms with Gasteiger partial charge in [0.15, 0.2) is 0 Å². The predicted octanol–water partition coefficient (Wildman–Crippen LogP) is 2.38. The summed E-state index contributed by atoms with van der Waals surface area (Å²) in [5, 5.41) is 0.508. The lowest BCUT2D eigenvalue weighted by atomic mass is 10.2. The molecule has 1 heterocycles. The van der Waals surface area contributed by atoms with Gasteiger partial charge in [-0.25, -0.2) is 9.37 Å². The second-order valence-electron chi connectivity index (χ2n) is 3.75. The van der Waals surface area contributed by atoms with E-state index in [4.69, 9.17) is 17.3 Å². The Morgan fingerprint density at radius 1 is 1.41 bits per heavy atom. The van der Waals surface area contributed by atoms with Gasteiger partial charge < -0.3 is 10.3 Å². The van der Waals surface area contributed by atoms with Crippen LogP contribution in [-0.4, -0.2) is 16.1 Å². The molecule has 0 saturated carbocycles. The maximum absolute atomic E-state index is 13.7. The van der Waals surface area contributed by atoms with E-state index in [9.17, 15) is 4.39 Å². The molecule has 0 saturated heterocycles. The van der Waals surface area contributed by atoms with Gasteiger partial charge in [0.25, 0.3) is 0 Å². The lowest BCUT2D eigenvalue weighted by molar-refractivity contribution is 0.629. The van der Waals surface area contributed by atoms with E-state index in [1.54, 1.807) is 29.8 Å². The van der Waals surface area contributed by atoms with Crippen LogP contribution in [0.1, 0.15) is 5.69 Å². The van der Waals surface area contributed by atoms with Gasteiger partial charge in [-0.3, -0.25) is 0 Å². The van der Waals surface area contributed by atoms with Crippen molar-refractivity contribution in [2.45, 2.75) is 6.42 Å². The summed E-state index contributed by atoms with van der Waals surface area (Å²) in [6.07, 6.45) is 0.584. The van der Waals surface area contributed by atoms with Gasteiger partial charge in [-0.2, -0.15) is 0 Å². The van der Waals surface area contributed by atoms with Crippen molar-refractivity contribution in [3.05, 3.63) is 40.9 Å². The summed E-state index contributed by atoms with van der Waals surface area (Å²) in [6, 6.07) is 6.49. The minimum Gasteiger partial charge on any atom is -0.330 e. The van der Waals surface area contributed by atoms with Crippen LogP contribution in [-0.2, 0) is 13.5 Å². The van der Waals surface area contributed by atoms with Gasteiger partial charge in [0, 0.05) is 13.5 Å². The number of benzene rings is 1. The number of nitrogens with two attached hydrogens (primary N) is 1. The van der Waals surface area contributed by atoms with Crippen LogP contribution in [0.5, 0.6) is 0 Å². The summed E-state index contributed by atoms with van der Waals surface area (Å²) >= 11 is 6.12. The molecule has 90 valence electrons. The van der Waals surface area contributed by atoms with Crippen LogP contribution in [0.25, 0.3) is 11.4 Å². The zero-order chi connectivity index (χ0) is 12.4. The lowest BCUT2D eigenvalue weighted by Gasteiger charge is -2.03. The Balaban J connectivity index is 2.53. The SMILES string of the molecule is Cn1c(-c2ccccc2F)nc(CCN)c1Cl. The number of aromatic nitrogens is 2. The summed E-state index contributed by atoms with van der Waals surface area (Å²) in [5.74, 6) is 0.216. The van der Waals surface area contributed by atoms with Gasteiger partial charge in [-0.05, 0) is 18.7 Å². The molecular weight excluding hydrogens is 241 g/mol. The summed E-state index contributed by atoms with van der Waals surface area (Å²) < 4.78 is 15.3. The molecule has 1 aromatic heterocycles. The van der Waals surface area contributed by atoms with Crippen LogP contribution in [0.3, 0.4) is 0 Å². The van der Waals surface area contributed by atoms with Crippen LogP contribution in [0.2, 0.25) is 5.15 Å². The second kappa shape index (κ2) is 4.85. The van der Waals surface area contributed by atoms with Crippen molar-refractivity contribution in [1.29, 1.82) is 0 Å². The standard InChI is InChI=1S/C12H13ClFN3/c1-17-11(13)10(6-7-15)16-12(17)8-4-2-3-5-9(8)14/h2-5H,6-7,15H2,1H3. The number of rotatable bonds is 3. The first-order valence-electron chi connectivity index (χ1n) is 5.31. The smallest absolute Gasteiger partial charge is 0.144 e. The molecule has 2 rings (SSSR count). The molecule has 17 heavy (non-hydrogen) atoms. The average molecular weight is 254 g/mol. The van der Waals surface area contributed by atoms with Gasteiger partial charge >= 0.3 is 0 Å². The van der Waals surface area contributed by atoms with Gasteiger partial charge in [0.05, 0.1) is 11.3 Å². The Labute approximate surface area is 104 Å². The van der Waals surface area contributed by atoms with Gasteiger partial charge in [0.1, 0.15) is 16.8 Å². The maximum Gasteiger partial charge on any atom is 0.144 e. The average Bonchev–Trinajstić information content (AvgIpc) is 2.59. The van der Waals surface area contributed by atoms with E-state index in [-0.39, 0.29) is 5.82 Å². The van der Waals surface area contributed by atoms with E-state index >= 15 is 0 Å². The Morgan fingerprint density at radius 3 is 2.76 bits per heavy atom. The van der Waals surface area contributed by atoms with Crippen LogP contribution in [0.4, 0.5) is 4.39 Å². The molecule has 0 spiro atoms. The Morgan fingerprint density at radius 2 is 2.12 bits per heavy atom. The molecule has 5 heteroatoms. The number of imidazole rings is 1. The summed E-state index contributed by atoms with van der Waals surface area (Å²) in [4.78, 5) is 4.34. The van der Waals surface area contributed by atoms with Gasteiger partial charge in [-0.1, -0.05) is 23.7 Å². The number of nitrogens with zero attached hydrogens (tertiary/aromatic N) is 2. The fraction of sp³-hybridized carbons (Fsp3) is 0.250. The molecule has 2 aromatic rings. The molecular formula is C12H13ClFN3. The lowest BCUT2D eigenvalue weighted by Crippen LogP contribution is -2.03. The summed E-state index contributed by atoms with van der Waals surface area (Å²) in [6.45, 7) is 0.466. The fourth-order valence-corrected chi connectivity index (χ4v) is 1.93. The minimum atomic E-state index is -0.309. The molecule has 2 N–H and O–H groups in total. The van der Waals surface area contributed by atoms with E-state index in [1.807, 2.05) is 0 Å². The molecule has 0 aliphatic rings. The van der Waals surface area contributed by atoms with Crippen molar-refractivity contribution < 1.29 is 4.39 Å². The Bertz CT molecular complexity index is 537. The summed E-state index contributed by atoms with van der Waals surface area (Å²) in [7, 11) is 1.76. The van der Waals surface area contributed by atoms with Crippen LogP contribution in [0.15, 0.2) is 24.3 Å². The highest BCUT2D eigenvalue weighted by Gasteiger charge is 2.15. The molecule has 0 unspecified atom stereocenters. The molecule has 1 aromatic carbocycles. The topological polar surface area (TPSA) is 43.8 Å². The number of hydrogen-bond donors (Lipinski definition) is 1. The van der Waals surface area contributed by atoms with Crippen LogP contribution in [0, 0.1) is 5.82 Å². The largest absolute Gasteiger partial charge is 0.330 e. The molecule has 0 amide bonds. The number of hydrogen-bond acceptors (Lipinski definition) is 2. The quantitative estimate of drug-likeness (QED) is 0.913. The highest BCUT2D eigenvalue weighted by molar-refractivity contribution is 6.30. The van der Waals surface area contributed by atoms with Crippen molar-refractivity contribution in [1.82, 2.24) is 9.55 Å². The van der Waals surface area contributed by atoms with Crippen LogP contribution >= 0.6 is 11.6 Å². The molecule has 0 fully saturated rings. The Kier molecular flexibility index (Phi) is 3.45. The zero-order valence-electron chi connectivity index (χ0n) is 9.45. The first-order chi connectivity index (χ1) is 8.15.